The highest BCUT2D eigenvalue weighted by atomic mass is 79.9. The van der Waals surface area contributed by atoms with E-state index in [1.165, 1.54) is 9.75 Å². The molecule has 0 aliphatic carbocycles. The zero-order chi connectivity index (χ0) is 33.5. The highest BCUT2D eigenvalue weighted by molar-refractivity contribution is 9.11. The Bertz CT molecular complexity index is 1860. The molecule has 0 saturated carbocycles. The van der Waals surface area contributed by atoms with Crippen LogP contribution in [0.4, 0.5) is 21.5 Å². The van der Waals surface area contributed by atoms with Gasteiger partial charge < -0.3 is 31.1 Å². The second kappa shape index (κ2) is 15.9. The van der Waals surface area contributed by atoms with Crippen molar-refractivity contribution in [2.45, 2.75) is 13.8 Å². The SMILES string of the molecule is Cc1cnc(NCCN2CCNC2=O)nc1-c1ccc(-c2cccs2)s1.Cc1cnc(NCCN2CCNC2=O)nc1-c1ccc(Br)s1. The molecule has 0 bridgehead atoms. The number of halogens is 1. The van der Waals surface area contributed by atoms with Crippen LogP contribution in [-0.2, 0) is 0 Å². The van der Waals surface area contributed by atoms with Crippen LogP contribution in [0.3, 0.4) is 0 Å². The van der Waals surface area contributed by atoms with Crippen molar-refractivity contribution >= 4 is 73.9 Å². The lowest BCUT2D eigenvalue weighted by Gasteiger charge is -2.14. The van der Waals surface area contributed by atoms with Gasteiger partial charge >= 0.3 is 12.1 Å². The van der Waals surface area contributed by atoms with Crippen LogP contribution in [0, 0.1) is 13.8 Å². The molecule has 5 aromatic heterocycles. The van der Waals surface area contributed by atoms with Crippen LogP contribution in [0.1, 0.15) is 11.1 Å². The first-order chi connectivity index (χ1) is 23.3. The fourth-order valence-corrected chi connectivity index (χ4v) is 8.40. The first-order valence-electron chi connectivity index (χ1n) is 15.4. The first kappa shape index (κ1) is 33.8. The normalized spacial score (nSPS) is 14.1. The summed E-state index contributed by atoms with van der Waals surface area (Å²) in [6.07, 6.45) is 3.67. The molecule has 4 N–H and O–H groups in total. The maximum atomic E-state index is 11.6. The molecule has 7 heterocycles. The number of nitrogens with one attached hydrogen (secondary N) is 4. The van der Waals surface area contributed by atoms with Gasteiger partial charge in [-0.1, -0.05) is 6.07 Å². The molecule has 250 valence electrons. The molecule has 0 spiro atoms. The van der Waals surface area contributed by atoms with Crippen molar-refractivity contribution in [2.24, 2.45) is 0 Å². The molecule has 4 amide bonds. The van der Waals surface area contributed by atoms with Crippen molar-refractivity contribution in [1.82, 2.24) is 40.4 Å². The second-order valence-electron chi connectivity index (χ2n) is 11.0. The Morgan fingerprint density at radius 2 is 1.29 bits per heavy atom. The molecular formula is C32H35BrN10O2S3. The molecule has 2 aliphatic rings. The van der Waals surface area contributed by atoms with Crippen molar-refractivity contribution in [1.29, 1.82) is 0 Å². The van der Waals surface area contributed by atoms with Crippen LogP contribution >= 0.6 is 49.9 Å². The van der Waals surface area contributed by atoms with Crippen LogP contribution in [-0.4, -0.2) is 94.2 Å². The minimum atomic E-state index is -0.00394. The predicted octanol–water partition coefficient (Wildman–Crippen LogP) is 6.39. The number of nitrogens with zero attached hydrogens (tertiary/aromatic N) is 6. The number of aromatic nitrogens is 4. The van der Waals surface area contributed by atoms with E-state index in [4.69, 9.17) is 4.98 Å². The van der Waals surface area contributed by atoms with Gasteiger partial charge in [-0.05, 0) is 76.6 Å². The summed E-state index contributed by atoms with van der Waals surface area (Å²) in [5.41, 5.74) is 3.98. The standard InChI is InChI=1S/C18H19N5OS2.C14H16BrN5OS/c1-12-11-21-17(19-6-8-23-9-7-20-18(23)24)22-16(12)15-5-4-14(26-15)13-3-2-10-25-13;1-9-8-18-13(16-4-6-20-7-5-17-14(20)21)19-12(9)10-2-3-11(15)22-10/h2-5,10-11H,6-9H2,1H3,(H,20,24)(H,19,21,22);2-3,8H,4-7H2,1H3,(H,17,21)(H,16,18,19). The second-order valence-corrected chi connectivity index (χ2v) is 15.5. The van der Waals surface area contributed by atoms with E-state index in [2.05, 4.69) is 81.8 Å². The zero-order valence-corrected chi connectivity index (χ0v) is 30.5. The molecule has 5 aromatic rings. The molecule has 12 nitrogen and oxygen atoms in total. The van der Waals surface area contributed by atoms with Crippen LogP contribution < -0.4 is 21.3 Å². The van der Waals surface area contributed by atoms with E-state index in [1.807, 2.05) is 38.4 Å². The summed E-state index contributed by atoms with van der Waals surface area (Å²) in [7, 11) is 0. The van der Waals surface area contributed by atoms with Gasteiger partial charge in [-0.25, -0.2) is 29.5 Å². The number of carbonyl (C=O) groups is 2. The smallest absolute Gasteiger partial charge is 0.317 e. The van der Waals surface area contributed by atoms with Gasteiger partial charge in [0.2, 0.25) is 11.9 Å². The molecular weight excluding hydrogens is 733 g/mol. The van der Waals surface area contributed by atoms with Crippen molar-refractivity contribution in [3.05, 3.63) is 69.1 Å². The van der Waals surface area contributed by atoms with Crippen LogP contribution in [0.15, 0.2) is 58.0 Å². The van der Waals surface area contributed by atoms with E-state index < -0.39 is 0 Å². The third kappa shape index (κ3) is 8.47. The molecule has 0 aromatic carbocycles. The predicted molar refractivity (Wildman–Crippen MR) is 198 cm³/mol. The lowest BCUT2D eigenvalue weighted by atomic mass is 10.2. The van der Waals surface area contributed by atoms with Gasteiger partial charge in [0, 0.05) is 74.5 Å². The van der Waals surface area contributed by atoms with Crippen molar-refractivity contribution in [3.8, 4) is 30.9 Å². The maximum absolute atomic E-state index is 11.6. The van der Waals surface area contributed by atoms with E-state index >= 15 is 0 Å². The summed E-state index contributed by atoms with van der Waals surface area (Å²) in [6, 6.07) is 12.5. The van der Waals surface area contributed by atoms with Gasteiger partial charge in [0.1, 0.15) is 0 Å². The Morgan fingerprint density at radius 3 is 1.77 bits per heavy atom. The van der Waals surface area contributed by atoms with E-state index in [9.17, 15) is 9.59 Å². The molecule has 48 heavy (non-hydrogen) atoms. The van der Waals surface area contributed by atoms with Gasteiger partial charge in [-0.2, -0.15) is 0 Å². The lowest BCUT2D eigenvalue weighted by molar-refractivity contribution is 0.218. The number of amides is 4. The minimum absolute atomic E-state index is 0.00277. The molecule has 0 unspecified atom stereocenters. The Hall–Kier alpha value is -4.12. The Balaban J connectivity index is 0.000000170. The quantitative estimate of drug-likeness (QED) is 0.121. The summed E-state index contributed by atoms with van der Waals surface area (Å²) in [4.78, 5) is 49.3. The van der Waals surface area contributed by atoms with Gasteiger partial charge in [0.15, 0.2) is 0 Å². The number of urea groups is 2. The molecule has 2 aliphatic heterocycles. The number of thiophene rings is 3. The van der Waals surface area contributed by atoms with Gasteiger partial charge in [0.05, 0.1) is 24.9 Å². The Morgan fingerprint density at radius 1 is 0.750 bits per heavy atom. The third-order valence-electron chi connectivity index (χ3n) is 7.57. The Labute approximate surface area is 299 Å². The van der Waals surface area contributed by atoms with E-state index in [-0.39, 0.29) is 12.1 Å². The number of hydrogen-bond acceptors (Lipinski definition) is 11. The summed E-state index contributed by atoms with van der Waals surface area (Å²) < 4.78 is 1.08. The summed E-state index contributed by atoms with van der Waals surface area (Å²) in [6.45, 7) is 9.50. The average Bonchev–Trinajstić information content (AvgIpc) is 3.93. The fraction of sp³-hybridized carbons (Fsp3) is 0.312. The highest BCUT2D eigenvalue weighted by Crippen LogP contribution is 2.37. The third-order valence-corrected chi connectivity index (χ3v) is 11.4. The largest absolute Gasteiger partial charge is 0.352 e. The van der Waals surface area contributed by atoms with Gasteiger partial charge in [0.25, 0.3) is 0 Å². The van der Waals surface area contributed by atoms with Crippen molar-refractivity contribution in [3.63, 3.8) is 0 Å². The summed E-state index contributed by atoms with van der Waals surface area (Å²) >= 11 is 8.61. The van der Waals surface area contributed by atoms with Crippen LogP contribution in [0.2, 0.25) is 0 Å². The van der Waals surface area contributed by atoms with Gasteiger partial charge in [-0.15, -0.1) is 34.0 Å². The van der Waals surface area contributed by atoms with Crippen molar-refractivity contribution in [2.75, 3.05) is 63.0 Å². The molecule has 0 atom stereocenters. The molecule has 16 heteroatoms. The summed E-state index contributed by atoms with van der Waals surface area (Å²) in [5, 5.41) is 14.1. The fourth-order valence-electron chi connectivity index (χ4n) is 5.07. The summed E-state index contributed by atoms with van der Waals surface area (Å²) in [5.74, 6) is 1.18. The lowest BCUT2D eigenvalue weighted by Crippen LogP contribution is -2.32. The highest BCUT2D eigenvalue weighted by Gasteiger charge is 2.20. The van der Waals surface area contributed by atoms with Crippen molar-refractivity contribution < 1.29 is 9.59 Å². The minimum Gasteiger partial charge on any atom is -0.352 e. The molecule has 2 fully saturated rings. The number of hydrogen-bond donors (Lipinski definition) is 4. The first-order valence-corrected chi connectivity index (χ1v) is 18.7. The van der Waals surface area contributed by atoms with E-state index in [1.54, 1.807) is 43.8 Å². The number of anilines is 2. The maximum Gasteiger partial charge on any atom is 0.317 e. The zero-order valence-electron chi connectivity index (χ0n) is 26.5. The van der Waals surface area contributed by atoms with E-state index in [0.29, 0.717) is 38.1 Å². The number of rotatable bonds is 11. The average molecular weight is 768 g/mol. The van der Waals surface area contributed by atoms with Gasteiger partial charge in [-0.3, -0.25) is 0 Å². The van der Waals surface area contributed by atoms with Crippen LogP contribution in [0.25, 0.3) is 30.9 Å². The molecule has 2 saturated heterocycles. The van der Waals surface area contributed by atoms with E-state index in [0.717, 1.165) is 62.2 Å². The Kier molecular flexibility index (Phi) is 11.2. The topological polar surface area (TPSA) is 140 Å². The molecule has 0 radical (unpaired) electrons. The number of aryl methyl sites for hydroxylation is 2. The van der Waals surface area contributed by atoms with Crippen LogP contribution in [0.5, 0.6) is 0 Å². The monoisotopic (exact) mass is 766 g/mol. The molecule has 7 rings (SSSR count). The number of carbonyl (C=O) groups excluding carboxylic acids is 2.